The molecule has 0 fully saturated rings. The van der Waals surface area contributed by atoms with Crippen LogP contribution in [0.1, 0.15) is 19.4 Å². The fraction of sp³-hybridized carbons (Fsp3) is 0.500. The largest absolute Gasteiger partial charge is 0.505 e. The van der Waals surface area contributed by atoms with Gasteiger partial charge in [-0.05, 0) is 31.5 Å². The van der Waals surface area contributed by atoms with Gasteiger partial charge in [0.05, 0.1) is 5.60 Å². The van der Waals surface area contributed by atoms with Crippen LogP contribution in [0.15, 0.2) is 18.2 Å². The SMILES string of the molecule is COC(C)(C)CNCc1ccc(O)c(F)c1. The van der Waals surface area contributed by atoms with Crippen molar-refractivity contribution in [2.24, 2.45) is 0 Å². The van der Waals surface area contributed by atoms with Crippen LogP contribution in [0.2, 0.25) is 0 Å². The van der Waals surface area contributed by atoms with E-state index in [4.69, 9.17) is 9.84 Å². The van der Waals surface area contributed by atoms with Gasteiger partial charge in [0.15, 0.2) is 11.6 Å². The molecule has 0 radical (unpaired) electrons. The van der Waals surface area contributed by atoms with Crippen molar-refractivity contribution >= 4 is 0 Å². The molecule has 0 bridgehead atoms. The second kappa shape index (κ2) is 5.27. The Kier molecular flexibility index (Phi) is 4.26. The summed E-state index contributed by atoms with van der Waals surface area (Å²) in [5.74, 6) is -0.911. The van der Waals surface area contributed by atoms with Gasteiger partial charge in [0.1, 0.15) is 0 Å². The van der Waals surface area contributed by atoms with Crippen LogP contribution in [0.4, 0.5) is 4.39 Å². The first-order chi connectivity index (χ1) is 7.44. The van der Waals surface area contributed by atoms with Gasteiger partial charge in [0, 0.05) is 20.2 Å². The smallest absolute Gasteiger partial charge is 0.165 e. The van der Waals surface area contributed by atoms with E-state index in [1.54, 1.807) is 13.2 Å². The molecule has 0 amide bonds. The summed E-state index contributed by atoms with van der Waals surface area (Å²) in [6.07, 6.45) is 0. The summed E-state index contributed by atoms with van der Waals surface area (Å²) in [4.78, 5) is 0. The van der Waals surface area contributed by atoms with Crippen molar-refractivity contribution in [1.29, 1.82) is 0 Å². The molecule has 0 spiro atoms. The summed E-state index contributed by atoms with van der Waals surface area (Å²) in [5, 5.41) is 12.2. The predicted molar refractivity (Wildman–Crippen MR) is 60.9 cm³/mol. The molecule has 4 heteroatoms. The second-order valence-electron chi connectivity index (χ2n) is 4.35. The molecule has 2 N–H and O–H groups in total. The molecule has 3 nitrogen and oxygen atoms in total. The van der Waals surface area contributed by atoms with Gasteiger partial charge in [0.2, 0.25) is 0 Å². The van der Waals surface area contributed by atoms with Crippen molar-refractivity contribution in [3.8, 4) is 5.75 Å². The van der Waals surface area contributed by atoms with Gasteiger partial charge in [-0.1, -0.05) is 6.07 Å². The van der Waals surface area contributed by atoms with Crippen molar-refractivity contribution < 1.29 is 14.2 Å². The summed E-state index contributed by atoms with van der Waals surface area (Å²) in [6.45, 7) is 5.16. The monoisotopic (exact) mass is 227 g/mol. The minimum absolute atomic E-state index is 0.241. The van der Waals surface area contributed by atoms with Crippen LogP contribution in [-0.2, 0) is 11.3 Å². The lowest BCUT2D eigenvalue weighted by molar-refractivity contribution is 0.0230. The summed E-state index contributed by atoms with van der Waals surface area (Å²) >= 11 is 0. The number of rotatable bonds is 5. The minimum atomic E-state index is -0.592. The van der Waals surface area contributed by atoms with E-state index in [-0.39, 0.29) is 11.4 Å². The average Bonchev–Trinajstić information content (AvgIpc) is 2.23. The molecule has 0 heterocycles. The Balaban J connectivity index is 2.46. The first kappa shape index (κ1) is 12.9. The van der Waals surface area contributed by atoms with Crippen LogP contribution in [-0.4, -0.2) is 24.4 Å². The van der Waals surface area contributed by atoms with Crippen molar-refractivity contribution in [2.75, 3.05) is 13.7 Å². The summed E-state index contributed by atoms with van der Waals surface area (Å²) in [5.41, 5.74) is 0.553. The topological polar surface area (TPSA) is 41.5 Å². The molecule has 1 rings (SSSR count). The van der Waals surface area contributed by atoms with Gasteiger partial charge in [0.25, 0.3) is 0 Å². The van der Waals surface area contributed by atoms with E-state index < -0.39 is 5.82 Å². The highest BCUT2D eigenvalue weighted by atomic mass is 19.1. The zero-order chi connectivity index (χ0) is 12.2. The van der Waals surface area contributed by atoms with Crippen LogP contribution in [0.5, 0.6) is 5.75 Å². The number of ether oxygens (including phenoxy) is 1. The quantitative estimate of drug-likeness (QED) is 0.809. The van der Waals surface area contributed by atoms with Crippen LogP contribution in [0.25, 0.3) is 0 Å². The average molecular weight is 227 g/mol. The lowest BCUT2D eigenvalue weighted by atomic mass is 10.1. The molecule has 0 aliphatic rings. The first-order valence-electron chi connectivity index (χ1n) is 5.18. The van der Waals surface area contributed by atoms with E-state index in [1.807, 2.05) is 13.8 Å². The van der Waals surface area contributed by atoms with Crippen LogP contribution in [0, 0.1) is 5.82 Å². The Morgan fingerprint density at radius 1 is 1.44 bits per heavy atom. The second-order valence-corrected chi connectivity index (χ2v) is 4.35. The van der Waals surface area contributed by atoms with Crippen molar-refractivity contribution in [2.45, 2.75) is 26.0 Å². The molecule has 0 aromatic heterocycles. The van der Waals surface area contributed by atoms with Crippen LogP contribution >= 0.6 is 0 Å². The Labute approximate surface area is 95.2 Å². The van der Waals surface area contributed by atoms with Gasteiger partial charge < -0.3 is 15.2 Å². The standard InChI is InChI=1S/C12H18FNO2/c1-12(2,16-3)8-14-7-9-4-5-11(15)10(13)6-9/h4-6,14-15H,7-8H2,1-3H3. The number of hydrogen-bond acceptors (Lipinski definition) is 3. The molecule has 1 aromatic rings. The number of benzene rings is 1. The zero-order valence-electron chi connectivity index (χ0n) is 9.88. The Morgan fingerprint density at radius 2 is 2.12 bits per heavy atom. The van der Waals surface area contributed by atoms with Crippen LogP contribution < -0.4 is 5.32 Å². The Morgan fingerprint density at radius 3 is 2.69 bits per heavy atom. The van der Waals surface area contributed by atoms with E-state index in [9.17, 15) is 4.39 Å². The summed E-state index contributed by atoms with van der Waals surface area (Å²) < 4.78 is 18.2. The van der Waals surface area contributed by atoms with Gasteiger partial charge >= 0.3 is 0 Å². The Bertz CT molecular complexity index is 353. The van der Waals surface area contributed by atoms with Gasteiger partial charge in [-0.25, -0.2) is 4.39 Å². The number of nitrogens with one attached hydrogen (secondary N) is 1. The van der Waals surface area contributed by atoms with Gasteiger partial charge in [-0.2, -0.15) is 0 Å². The number of phenolic OH excluding ortho intramolecular Hbond substituents is 1. The number of aromatic hydroxyl groups is 1. The number of halogens is 1. The number of hydrogen-bond donors (Lipinski definition) is 2. The maximum Gasteiger partial charge on any atom is 0.165 e. The molecule has 0 saturated carbocycles. The third-order valence-electron chi connectivity index (χ3n) is 2.44. The molecule has 0 aliphatic carbocycles. The summed E-state index contributed by atoms with van der Waals surface area (Å²) in [7, 11) is 1.65. The Hall–Kier alpha value is -1.13. The summed E-state index contributed by atoms with van der Waals surface area (Å²) in [6, 6.07) is 4.36. The fourth-order valence-corrected chi connectivity index (χ4v) is 1.24. The number of phenols is 1. The molecule has 0 aliphatic heterocycles. The van der Waals surface area contributed by atoms with Gasteiger partial charge in [-0.15, -0.1) is 0 Å². The molecule has 16 heavy (non-hydrogen) atoms. The molecule has 0 saturated heterocycles. The maximum absolute atomic E-state index is 13.0. The van der Waals surface area contributed by atoms with Crippen LogP contribution in [0.3, 0.4) is 0 Å². The lowest BCUT2D eigenvalue weighted by Gasteiger charge is -2.23. The normalized spacial score (nSPS) is 11.8. The molecule has 0 atom stereocenters. The fourth-order valence-electron chi connectivity index (χ4n) is 1.24. The van der Waals surface area contributed by atoms with Gasteiger partial charge in [-0.3, -0.25) is 0 Å². The molecular weight excluding hydrogens is 209 g/mol. The third kappa shape index (κ3) is 3.79. The molecular formula is C12H18FNO2. The first-order valence-corrected chi connectivity index (χ1v) is 5.18. The zero-order valence-corrected chi connectivity index (χ0v) is 9.88. The maximum atomic E-state index is 13.0. The highest BCUT2D eigenvalue weighted by Gasteiger charge is 2.15. The van der Waals surface area contributed by atoms with E-state index in [0.717, 1.165) is 5.56 Å². The highest BCUT2D eigenvalue weighted by molar-refractivity contribution is 5.27. The number of methoxy groups -OCH3 is 1. The van der Waals surface area contributed by atoms with E-state index in [0.29, 0.717) is 13.1 Å². The lowest BCUT2D eigenvalue weighted by Crippen LogP contribution is -2.36. The van der Waals surface area contributed by atoms with E-state index in [2.05, 4.69) is 5.32 Å². The molecule has 1 aromatic carbocycles. The van der Waals surface area contributed by atoms with Crippen molar-refractivity contribution in [3.05, 3.63) is 29.6 Å². The van der Waals surface area contributed by atoms with E-state index in [1.165, 1.54) is 12.1 Å². The third-order valence-corrected chi connectivity index (χ3v) is 2.44. The molecule has 90 valence electrons. The van der Waals surface area contributed by atoms with E-state index >= 15 is 0 Å². The van der Waals surface area contributed by atoms with Crippen molar-refractivity contribution in [1.82, 2.24) is 5.32 Å². The minimum Gasteiger partial charge on any atom is -0.505 e. The van der Waals surface area contributed by atoms with Crippen molar-refractivity contribution in [3.63, 3.8) is 0 Å². The predicted octanol–water partition coefficient (Wildman–Crippen LogP) is 2.05. The highest BCUT2D eigenvalue weighted by Crippen LogP contribution is 2.16. The molecule has 0 unspecified atom stereocenters.